The highest BCUT2D eigenvalue weighted by molar-refractivity contribution is 5.87. The van der Waals surface area contributed by atoms with E-state index in [4.69, 9.17) is 18.9 Å². The maximum Gasteiger partial charge on any atom is 0.355 e. The highest BCUT2D eigenvalue weighted by Gasteiger charge is 2.69. The van der Waals surface area contributed by atoms with Gasteiger partial charge in [0.1, 0.15) is 23.5 Å². The van der Waals surface area contributed by atoms with E-state index in [9.17, 15) is 19.5 Å². The van der Waals surface area contributed by atoms with Crippen molar-refractivity contribution < 1.29 is 38.4 Å². The fourth-order valence-electron chi connectivity index (χ4n) is 7.04. The molecule has 1 aromatic rings. The van der Waals surface area contributed by atoms with E-state index in [-0.39, 0.29) is 35.9 Å². The van der Waals surface area contributed by atoms with E-state index in [1.54, 1.807) is 18.3 Å². The van der Waals surface area contributed by atoms with Crippen LogP contribution in [0.5, 0.6) is 0 Å². The van der Waals surface area contributed by atoms with Crippen LogP contribution in [0.4, 0.5) is 0 Å². The lowest BCUT2D eigenvalue weighted by Gasteiger charge is -2.48. The summed E-state index contributed by atoms with van der Waals surface area (Å²) in [7, 11) is 1.44. The Bertz CT molecular complexity index is 1130. The molecule has 1 saturated heterocycles. The molecule has 2 aliphatic carbocycles. The second-order valence-corrected chi connectivity index (χ2v) is 10.9. The summed E-state index contributed by atoms with van der Waals surface area (Å²) in [6, 6.07) is 3.36. The first kappa shape index (κ1) is 25.9. The van der Waals surface area contributed by atoms with Gasteiger partial charge < -0.3 is 29.0 Å². The number of cyclic esters (lactones) is 1. The fourth-order valence-corrected chi connectivity index (χ4v) is 7.04. The minimum absolute atomic E-state index is 0.193. The Balaban J connectivity index is 1.58. The predicted octanol–water partition coefficient (Wildman–Crippen LogP) is 2.61. The smallest absolute Gasteiger partial charge is 0.355 e. The van der Waals surface area contributed by atoms with Crippen molar-refractivity contribution >= 4 is 17.7 Å². The van der Waals surface area contributed by atoms with Crippen LogP contribution in [0, 0.1) is 29.6 Å². The summed E-state index contributed by atoms with van der Waals surface area (Å²) in [5.41, 5.74) is 0.222. The lowest BCUT2D eigenvalue weighted by atomic mass is 9.57. The molecule has 200 valence electrons. The number of ketones is 1. The molecule has 9 heteroatoms. The molecule has 2 N–H and O–H groups in total. The predicted molar refractivity (Wildman–Crippen MR) is 131 cm³/mol. The van der Waals surface area contributed by atoms with Gasteiger partial charge in [0.2, 0.25) is 0 Å². The van der Waals surface area contributed by atoms with Crippen LogP contribution in [0.15, 0.2) is 42.1 Å². The first-order valence-corrected chi connectivity index (χ1v) is 12.9. The lowest BCUT2D eigenvalue weighted by Crippen LogP contribution is -2.57. The standard InChI is InChI=1S/C28H35NO8/c1-13-11-14(2)28-17(12-20(34-5)27(33)35-23(13)16(4)30)8-9-18-21(28)22(31)15(3)24(25(18)37-28)36-26(32)19-7-6-10-29-19/h6-11,13,15,17-18,20-25,29,31H,12H2,1-5H3/b14-11+/t13-,15-,17?,18-,20+,21+,22-,23+,24-,25-,28+/m1/s1. The molecule has 2 fully saturated rings. The molecule has 11 atom stereocenters. The molecule has 1 spiro atoms. The maximum absolute atomic E-state index is 13.0. The molecule has 0 amide bonds. The molecule has 1 aromatic heterocycles. The van der Waals surface area contributed by atoms with E-state index in [1.165, 1.54) is 14.0 Å². The van der Waals surface area contributed by atoms with Crippen molar-refractivity contribution in [2.45, 2.75) is 70.2 Å². The number of esters is 2. The van der Waals surface area contributed by atoms with Gasteiger partial charge in [0.15, 0.2) is 18.0 Å². The van der Waals surface area contributed by atoms with Crippen molar-refractivity contribution in [2.75, 3.05) is 7.11 Å². The molecule has 4 aliphatic rings. The van der Waals surface area contributed by atoms with Crippen LogP contribution in [0.3, 0.4) is 0 Å². The van der Waals surface area contributed by atoms with Gasteiger partial charge in [-0.25, -0.2) is 9.59 Å². The Hall–Kier alpha value is -2.75. The van der Waals surface area contributed by atoms with E-state index in [0.717, 1.165) is 5.57 Å². The molecule has 1 saturated carbocycles. The summed E-state index contributed by atoms with van der Waals surface area (Å²) in [5, 5.41) is 11.7. The van der Waals surface area contributed by atoms with Crippen LogP contribution >= 0.6 is 0 Å². The number of hydrogen-bond donors (Lipinski definition) is 2. The van der Waals surface area contributed by atoms with Gasteiger partial charge in [-0.2, -0.15) is 0 Å². The molecule has 9 nitrogen and oxygen atoms in total. The number of ether oxygens (including phenoxy) is 4. The van der Waals surface area contributed by atoms with Gasteiger partial charge in [0.05, 0.1) is 6.10 Å². The van der Waals surface area contributed by atoms with E-state index in [1.807, 2.05) is 39.0 Å². The van der Waals surface area contributed by atoms with Crippen LogP contribution in [-0.4, -0.2) is 71.0 Å². The summed E-state index contributed by atoms with van der Waals surface area (Å²) in [6.07, 6.45) is 4.01. The normalized spacial score (nSPS) is 44.3. The van der Waals surface area contributed by atoms with E-state index < -0.39 is 54.0 Å². The summed E-state index contributed by atoms with van der Waals surface area (Å²) in [6.45, 7) is 7.05. The Morgan fingerprint density at radius 2 is 2.00 bits per heavy atom. The van der Waals surface area contributed by atoms with Crippen molar-refractivity contribution in [3.8, 4) is 0 Å². The number of aromatic nitrogens is 1. The second-order valence-electron chi connectivity index (χ2n) is 10.9. The van der Waals surface area contributed by atoms with Gasteiger partial charge >= 0.3 is 11.9 Å². The van der Waals surface area contributed by atoms with Crippen molar-refractivity contribution in [1.29, 1.82) is 0 Å². The number of carbonyl (C=O) groups excluding carboxylic acids is 3. The first-order valence-electron chi connectivity index (χ1n) is 12.9. The third-order valence-electron chi connectivity index (χ3n) is 8.81. The van der Waals surface area contributed by atoms with Gasteiger partial charge in [-0.05, 0) is 38.0 Å². The fraction of sp³-hybridized carbons (Fsp3) is 0.607. The largest absolute Gasteiger partial charge is 0.455 e. The van der Waals surface area contributed by atoms with Crippen LogP contribution in [0.25, 0.3) is 0 Å². The van der Waals surface area contributed by atoms with Gasteiger partial charge in [0, 0.05) is 42.9 Å². The molecular weight excluding hydrogens is 478 g/mol. The number of H-pyrrole nitrogens is 1. The Labute approximate surface area is 216 Å². The van der Waals surface area contributed by atoms with E-state index in [0.29, 0.717) is 5.69 Å². The Morgan fingerprint density at radius 1 is 1.24 bits per heavy atom. The molecule has 1 unspecified atom stereocenters. The molecule has 0 radical (unpaired) electrons. The van der Waals surface area contributed by atoms with Crippen molar-refractivity contribution in [2.24, 2.45) is 29.6 Å². The monoisotopic (exact) mass is 513 g/mol. The number of rotatable bonds is 4. The summed E-state index contributed by atoms with van der Waals surface area (Å²) >= 11 is 0. The highest BCUT2D eigenvalue weighted by Crippen LogP contribution is 2.61. The zero-order chi connectivity index (χ0) is 26.6. The summed E-state index contributed by atoms with van der Waals surface area (Å²) in [5.74, 6) is -2.99. The summed E-state index contributed by atoms with van der Waals surface area (Å²) in [4.78, 5) is 41.2. The molecular formula is C28H35NO8. The van der Waals surface area contributed by atoms with Gasteiger partial charge in [-0.1, -0.05) is 32.1 Å². The quantitative estimate of drug-likeness (QED) is 0.465. The topological polar surface area (TPSA) is 124 Å². The highest BCUT2D eigenvalue weighted by atomic mass is 16.6. The molecule has 3 heterocycles. The van der Waals surface area contributed by atoms with E-state index in [2.05, 4.69) is 4.98 Å². The molecule has 0 aromatic carbocycles. The molecule has 4 bridgehead atoms. The zero-order valence-corrected chi connectivity index (χ0v) is 21.7. The molecule has 5 rings (SSSR count). The number of Topliss-reactive ketones (excluding diaryl/α,β-unsaturated/α-hetero) is 1. The van der Waals surface area contributed by atoms with Crippen LogP contribution in [-0.2, 0) is 28.5 Å². The number of aromatic amines is 1. The van der Waals surface area contributed by atoms with Crippen LogP contribution in [0.1, 0.15) is 44.6 Å². The minimum atomic E-state index is -0.963. The van der Waals surface area contributed by atoms with E-state index >= 15 is 0 Å². The van der Waals surface area contributed by atoms with Gasteiger partial charge in [-0.15, -0.1) is 0 Å². The van der Waals surface area contributed by atoms with Gasteiger partial charge in [-0.3, -0.25) is 4.79 Å². The average molecular weight is 514 g/mol. The average Bonchev–Trinajstić information content (AvgIpc) is 3.46. The van der Waals surface area contributed by atoms with Crippen molar-refractivity contribution in [3.63, 3.8) is 0 Å². The zero-order valence-electron chi connectivity index (χ0n) is 21.7. The van der Waals surface area contributed by atoms with Crippen LogP contribution in [0.2, 0.25) is 0 Å². The summed E-state index contributed by atoms with van der Waals surface area (Å²) < 4.78 is 24.0. The molecule has 2 aliphatic heterocycles. The Kier molecular flexibility index (Phi) is 6.66. The second kappa shape index (κ2) is 9.53. The third-order valence-corrected chi connectivity index (χ3v) is 8.81. The van der Waals surface area contributed by atoms with Crippen LogP contribution < -0.4 is 0 Å². The van der Waals surface area contributed by atoms with Crippen molar-refractivity contribution in [3.05, 3.63) is 47.8 Å². The number of carbonyl (C=O) groups is 3. The SMILES string of the molecule is CO[C@H]1CC2C=C[C@H]3[C@H]4O[C@]2(/C(C)=C/[C@@H](C)[C@@H](C(C)=O)OC1=O)[C@@H]3[C@H](O)[C@@H](C)[C@H]4OC(=O)c1ccc[nH]1. The first-order chi connectivity index (χ1) is 17.6. The van der Waals surface area contributed by atoms with Crippen molar-refractivity contribution in [1.82, 2.24) is 4.98 Å². The maximum atomic E-state index is 13.0. The number of aliphatic hydroxyl groups is 1. The minimum Gasteiger partial charge on any atom is -0.455 e. The number of aliphatic hydroxyl groups excluding tert-OH is 1. The number of methoxy groups -OCH3 is 1. The lowest BCUT2D eigenvalue weighted by molar-refractivity contribution is -0.169. The van der Waals surface area contributed by atoms with Gasteiger partial charge in [0.25, 0.3) is 0 Å². The number of hydrogen-bond acceptors (Lipinski definition) is 8. The molecule has 37 heavy (non-hydrogen) atoms. The third kappa shape index (κ3) is 3.99. The Morgan fingerprint density at radius 3 is 2.65 bits per heavy atom. The number of nitrogens with one attached hydrogen (secondary N) is 1.